The minimum atomic E-state index is -0.435. The van der Waals surface area contributed by atoms with Gasteiger partial charge in [0.05, 0.1) is 12.7 Å². The van der Waals surface area contributed by atoms with Gasteiger partial charge in [-0.2, -0.15) is 5.21 Å². The monoisotopic (exact) mass is 311 g/mol. The Morgan fingerprint density at radius 3 is 2.83 bits per heavy atom. The number of carbonyl (C=O) groups excluding carboxylic acids is 1. The normalized spacial score (nSPS) is 10.3. The van der Waals surface area contributed by atoms with Crippen LogP contribution in [0.4, 0.5) is 5.69 Å². The van der Waals surface area contributed by atoms with Gasteiger partial charge in [0, 0.05) is 17.3 Å². The molecule has 3 N–H and O–H groups in total. The lowest BCUT2D eigenvalue weighted by atomic mass is 10.1. The number of nitrogens with zero attached hydrogens (tertiary/aromatic N) is 3. The summed E-state index contributed by atoms with van der Waals surface area (Å²) in [6.45, 7) is 0. The van der Waals surface area contributed by atoms with Crippen LogP contribution < -0.4 is 10.1 Å². The quantitative estimate of drug-likeness (QED) is 0.677. The summed E-state index contributed by atoms with van der Waals surface area (Å²) in [5.41, 5.74) is 1.40. The highest BCUT2D eigenvalue weighted by atomic mass is 16.5. The van der Waals surface area contributed by atoms with Crippen LogP contribution in [0.25, 0.3) is 11.4 Å². The summed E-state index contributed by atoms with van der Waals surface area (Å²) in [5.74, 6) is 0.304. The van der Waals surface area contributed by atoms with Crippen LogP contribution >= 0.6 is 0 Å². The summed E-state index contributed by atoms with van der Waals surface area (Å²) < 4.78 is 4.99. The Balaban J connectivity index is 1.82. The maximum Gasteiger partial charge on any atom is 0.259 e. The SMILES string of the molecule is COc1ccc(C(=O)Nc2cccc(-c3nn[nH]n3)c2)c(O)c1. The number of nitrogens with one attached hydrogen (secondary N) is 2. The van der Waals surface area contributed by atoms with Crippen LogP contribution in [0, 0.1) is 0 Å². The smallest absolute Gasteiger partial charge is 0.259 e. The first-order valence-corrected chi connectivity index (χ1v) is 6.69. The molecule has 1 amide bonds. The van der Waals surface area contributed by atoms with E-state index in [0.29, 0.717) is 22.8 Å². The third-order valence-corrected chi connectivity index (χ3v) is 3.17. The Kier molecular flexibility index (Phi) is 3.88. The summed E-state index contributed by atoms with van der Waals surface area (Å²) in [6.07, 6.45) is 0. The first-order chi connectivity index (χ1) is 11.2. The maximum absolute atomic E-state index is 12.3. The highest BCUT2D eigenvalue weighted by Crippen LogP contribution is 2.25. The number of anilines is 1. The van der Waals surface area contributed by atoms with E-state index in [-0.39, 0.29) is 11.3 Å². The van der Waals surface area contributed by atoms with Crippen molar-refractivity contribution in [3.05, 3.63) is 48.0 Å². The minimum Gasteiger partial charge on any atom is -0.507 e. The van der Waals surface area contributed by atoms with Crippen molar-refractivity contribution < 1.29 is 14.6 Å². The van der Waals surface area contributed by atoms with Gasteiger partial charge in [-0.1, -0.05) is 12.1 Å². The number of benzene rings is 2. The highest BCUT2D eigenvalue weighted by molar-refractivity contribution is 6.06. The number of hydrogen-bond donors (Lipinski definition) is 3. The van der Waals surface area contributed by atoms with Gasteiger partial charge in [-0.3, -0.25) is 4.79 Å². The summed E-state index contributed by atoms with van der Waals surface area (Å²) in [5, 5.41) is 26.3. The van der Waals surface area contributed by atoms with Gasteiger partial charge < -0.3 is 15.2 Å². The van der Waals surface area contributed by atoms with Gasteiger partial charge in [-0.25, -0.2) is 0 Å². The van der Waals surface area contributed by atoms with E-state index in [0.717, 1.165) is 0 Å². The third kappa shape index (κ3) is 3.10. The lowest BCUT2D eigenvalue weighted by molar-refractivity contribution is 0.102. The molecule has 8 nitrogen and oxygen atoms in total. The number of tetrazole rings is 1. The molecule has 3 rings (SSSR count). The molecule has 0 spiro atoms. The molecular formula is C15H13N5O3. The van der Waals surface area contributed by atoms with Crippen molar-refractivity contribution in [2.75, 3.05) is 12.4 Å². The Morgan fingerprint density at radius 1 is 1.26 bits per heavy atom. The van der Waals surface area contributed by atoms with E-state index in [9.17, 15) is 9.90 Å². The lowest BCUT2D eigenvalue weighted by Gasteiger charge is -2.08. The number of phenols is 1. The van der Waals surface area contributed by atoms with E-state index >= 15 is 0 Å². The number of hydrogen-bond acceptors (Lipinski definition) is 6. The molecule has 116 valence electrons. The molecule has 0 fully saturated rings. The molecule has 1 heterocycles. The van der Waals surface area contributed by atoms with Gasteiger partial charge >= 0.3 is 0 Å². The Morgan fingerprint density at radius 2 is 2.13 bits per heavy atom. The molecule has 3 aromatic rings. The number of methoxy groups -OCH3 is 1. The van der Waals surface area contributed by atoms with Crippen molar-refractivity contribution in [1.29, 1.82) is 0 Å². The molecule has 0 aliphatic rings. The summed E-state index contributed by atoms with van der Waals surface area (Å²) in [4.78, 5) is 12.3. The number of ether oxygens (including phenoxy) is 1. The lowest BCUT2D eigenvalue weighted by Crippen LogP contribution is -2.12. The predicted octanol–water partition coefficient (Wildman–Crippen LogP) is 1.83. The van der Waals surface area contributed by atoms with Gasteiger partial charge in [0.15, 0.2) is 0 Å². The average molecular weight is 311 g/mol. The zero-order valence-corrected chi connectivity index (χ0v) is 12.1. The fourth-order valence-corrected chi connectivity index (χ4v) is 2.05. The predicted molar refractivity (Wildman–Crippen MR) is 82.2 cm³/mol. The summed E-state index contributed by atoms with van der Waals surface area (Å²) in [7, 11) is 1.48. The van der Waals surface area contributed by atoms with Crippen LogP contribution in [-0.4, -0.2) is 38.7 Å². The standard InChI is InChI=1S/C15H13N5O3/c1-23-11-5-6-12(13(21)8-11)15(22)16-10-4-2-3-9(7-10)14-17-19-20-18-14/h2-8,21H,1H3,(H,16,22)(H,17,18,19,20). The summed E-state index contributed by atoms with van der Waals surface area (Å²) >= 11 is 0. The molecule has 0 aliphatic heterocycles. The van der Waals surface area contributed by atoms with Crippen molar-refractivity contribution in [2.24, 2.45) is 0 Å². The van der Waals surface area contributed by atoms with Crippen molar-refractivity contribution in [2.45, 2.75) is 0 Å². The second kappa shape index (κ2) is 6.14. The van der Waals surface area contributed by atoms with Crippen LogP contribution in [0.2, 0.25) is 0 Å². The zero-order chi connectivity index (χ0) is 16.2. The van der Waals surface area contributed by atoms with E-state index in [2.05, 4.69) is 25.9 Å². The van der Waals surface area contributed by atoms with Gasteiger partial charge in [0.25, 0.3) is 5.91 Å². The largest absolute Gasteiger partial charge is 0.507 e. The van der Waals surface area contributed by atoms with Crippen molar-refractivity contribution in [1.82, 2.24) is 20.6 Å². The molecule has 0 saturated carbocycles. The minimum absolute atomic E-state index is 0.149. The molecule has 0 bridgehead atoms. The maximum atomic E-state index is 12.3. The van der Waals surface area contributed by atoms with E-state index in [4.69, 9.17) is 4.74 Å². The van der Waals surface area contributed by atoms with Crippen LogP contribution in [-0.2, 0) is 0 Å². The van der Waals surface area contributed by atoms with E-state index in [1.54, 1.807) is 30.3 Å². The molecule has 0 radical (unpaired) electrons. The fraction of sp³-hybridized carbons (Fsp3) is 0.0667. The second-order valence-corrected chi connectivity index (χ2v) is 4.65. The van der Waals surface area contributed by atoms with E-state index < -0.39 is 5.91 Å². The summed E-state index contributed by atoms with van der Waals surface area (Å²) in [6, 6.07) is 11.5. The molecule has 2 aromatic carbocycles. The Hall–Kier alpha value is -3.42. The molecule has 0 unspecified atom stereocenters. The number of phenolic OH excluding ortho intramolecular Hbond substituents is 1. The van der Waals surface area contributed by atoms with Gasteiger partial charge in [-0.05, 0) is 29.5 Å². The second-order valence-electron chi connectivity index (χ2n) is 4.65. The number of H-pyrrole nitrogens is 1. The molecule has 1 aromatic heterocycles. The Labute approximate surface area is 131 Å². The molecule has 0 aliphatic carbocycles. The van der Waals surface area contributed by atoms with Crippen molar-refractivity contribution in [3.8, 4) is 22.9 Å². The number of rotatable bonds is 4. The fourth-order valence-electron chi connectivity index (χ4n) is 2.05. The first kappa shape index (κ1) is 14.5. The number of aromatic nitrogens is 4. The molecule has 8 heteroatoms. The van der Waals surface area contributed by atoms with Crippen molar-refractivity contribution >= 4 is 11.6 Å². The molecule has 23 heavy (non-hydrogen) atoms. The number of amides is 1. The molecule has 0 saturated heterocycles. The third-order valence-electron chi connectivity index (χ3n) is 3.17. The average Bonchev–Trinajstić information content (AvgIpc) is 3.09. The number of carbonyl (C=O) groups is 1. The first-order valence-electron chi connectivity index (χ1n) is 6.69. The Bertz CT molecular complexity index is 833. The van der Waals surface area contributed by atoms with Gasteiger partial charge in [0.2, 0.25) is 5.82 Å². The van der Waals surface area contributed by atoms with Crippen LogP contribution in [0.1, 0.15) is 10.4 Å². The highest BCUT2D eigenvalue weighted by Gasteiger charge is 2.13. The van der Waals surface area contributed by atoms with E-state index in [1.165, 1.54) is 19.2 Å². The van der Waals surface area contributed by atoms with Crippen LogP contribution in [0.5, 0.6) is 11.5 Å². The van der Waals surface area contributed by atoms with Gasteiger partial charge in [-0.15, -0.1) is 10.2 Å². The zero-order valence-electron chi connectivity index (χ0n) is 12.1. The van der Waals surface area contributed by atoms with Gasteiger partial charge in [0.1, 0.15) is 11.5 Å². The molecule has 0 atom stereocenters. The van der Waals surface area contributed by atoms with Crippen LogP contribution in [0.3, 0.4) is 0 Å². The molecular weight excluding hydrogens is 298 g/mol. The number of aromatic amines is 1. The van der Waals surface area contributed by atoms with E-state index in [1.807, 2.05) is 0 Å². The van der Waals surface area contributed by atoms with Crippen molar-refractivity contribution in [3.63, 3.8) is 0 Å². The number of aromatic hydroxyl groups is 1. The van der Waals surface area contributed by atoms with Crippen LogP contribution in [0.15, 0.2) is 42.5 Å². The topological polar surface area (TPSA) is 113 Å².